The van der Waals surface area contributed by atoms with Crippen molar-refractivity contribution in [3.63, 3.8) is 0 Å². The number of nitrogens with zero attached hydrogens (tertiary/aromatic N) is 3. The van der Waals surface area contributed by atoms with E-state index in [-0.39, 0.29) is 30.7 Å². The summed E-state index contributed by atoms with van der Waals surface area (Å²) in [5.74, 6) is 0.0436. The number of rotatable bonds is 5. The molecule has 0 saturated carbocycles. The molecular formula is C19H25N3O3. The summed E-state index contributed by atoms with van der Waals surface area (Å²) < 4.78 is 0. The van der Waals surface area contributed by atoms with Crippen molar-refractivity contribution in [2.24, 2.45) is 5.92 Å². The smallest absolute Gasteiger partial charge is 0.261 e. The van der Waals surface area contributed by atoms with Crippen molar-refractivity contribution in [3.05, 3.63) is 35.4 Å². The van der Waals surface area contributed by atoms with Crippen LogP contribution in [0.4, 0.5) is 0 Å². The fraction of sp³-hybridized carbons (Fsp3) is 0.526. The quantitative estimate of drug-likeness (QED) is 0.760. The molecule has 0 unspecified atom stereocenters. The Morgan fingerprint density at radius 1 is 1.00 bits per heavy atom. The molecule has 134 valence electrons. The molecule has 1 aromatic rings. The van der Waals surface area contributed by atoms with Gasteiger partial charge in [0.25, 0.3) is 11.8 Å². The van der Waals surface area contributed by atoms with E-state index in [2.05, 4.69) is 18.7 Å². The van der Waals surface area contributed by atoms with Crippen molar-refractivity contribution < 1.29 is 14.4 Å². The number of carbonyl (C=O) groups excluding carboxylic acids is 3. The van der Waals surface area contributed by atoms with Crippen molar-refractivity contribution in [2.45, 2.75) is 20.3 Å². The van der Waals surface area contributed by atoms with Crippen LogP contribution in [0, 0.1) is 5.92 Å². The van der Waals surface area contributed by atoms with Crippen LogP contribution in [0.15, 0.2) is 24.3 Å². The van der Waals surface area contributed by atoms with Gasteiger partial charge in [-0.05, 0) is 18.1 Å². The number of amides is 3. The molecule has 2 aliphatic heterocycles. The van der Waals surface area contributed by atoms with Gasteiger partial charge in [0.15, 0.2) is 0 Å². The predicted molar refractivity (Wildman–Crippen MR) is 94.3 cm³/mol. The lowest BCUT2D eigenvalue weighted by Gasteiger charge is -2.35. The Morgan fingerprint density at radius 3 is 2.08 bits per heavy atom. The van der Waals surface area contributed by atoms with E-state index in [1.807, 2.05) is 4.90 Å². The van der Waals surface area contributed by atoms with Crippen molar-refractivity contribution in [2.75, 3.05) is 39.3 Å². The molecule has 2 aliphatic rings. The first-order valence-corrected chi connectivity index (χ1v) is 8.92. The van der Waals surface area contributed by atoms with Gasteiger partial charge in [-0.3, -0.25) is 24.2 Å². The Bertz CT molecular complexity index is 643. The van der Waals surface area contributed by atoms with Gasteiger partial charge in [-0.15, -0.1) is 0 Å². The third-order valence-corrected chi connectivity index (χ3v) is 4.78. The molecule has 0 spiro atoms. The van der Waals surface area contributed by atoms with Crippen molar-refractivity contribution in [3.8, 4) is 0 Å². The number of imide groups is 1. The lowest BCUT2D eigenvalue weighted by molar-refractivity contribution is -0.133. The first-order valence-electron chi connectivity index (χ1n) is 8.92. The Hall–Kier alpha value is -2.21. The molecule has 0 aromatic heterocycles. The average molecular weight is 343 g/mol. The van der Waals surface area contributed by atoms with Gasteiger partial charge >= 0.3 is 0 Å². The minimum Gasteiger partial charge on any atom is -0.340 e. The van der Waals surface area contributed by atoms with Crippen LogP contribution in [-0.2, 0) is 4.79 Å². The molecule has 6 nitrogen and oxygen atoms in total. The lowest BCUT2D eigenvalue weighted by Crippen LogP contribution is -2.50. The molecule has 1 aromatic carbocycles. The van der Waals surface area contributed by atoms with Crippen LogP contribution in [0.1, 0.15) is 41.0 Å². The largest absolute Gasteiger partial charge is 0.340 e. The predicted octanol–water partition coefficient (Wildman–Crippen LogP) is 1.47. The van der Waals surface area contributed by atoms with Crippen molar-refractivity contribution in [1.82, 2.24) is 14.7 Å². The summed E-state index contributed by atoms with van der Waals surface area (Å²) >= 11 is 0. The third kappa shape index (κ3) is 3.74. The summed E-state index contributed by atoms with van der Waals surface area (Å²) in [7, 11) is 0. The molecule has 0 atom stereocenters. The molecule has 0 N–H and O–H groups in total. The lowest BCUT2D eigenvalue weighted by atomic mass is 10.1. The van der Waals surface area contributed by atoms with Gasteiger partial charge in [0.05, 0.1) is 11.1 Å². The van der Waals surface area contributed by atoms with E-state index in [0.29, 0.717) is 30.1 Å². The maximum absolute atomic E-state index is 12.4. The topological polar surface area (TPSA) is 60.9 Å². The minimum atomic E-state index is -0.296. The zero-order valence-corrected chi connectivity index (χ0v) is 14.9. The van der Waals surface area contributed by atoms with Crippen LogP contribution in [0.25, 0.3) is 0 Å². The van der Waals surface area contributed by atoms with Crippen LogP contribution in [0.5, 0.6) is 0 Å². The molecule has 0 radical (unpaired) electrons. The molecule has 0 bridgehead atoms. The summed E-state index contributed by atoms with van der Waals surface area (Å²) in [6.45, 7) is 8.79. The standard InChI is InChI=1S/C19H25N3O3/c1-14(2)13-20-9-11-21(12-10-20)17(23)7-8-22-18(24)15-5-3-4-6-16(15)19(22)25/h3-6,14H,7-13H2,1-2H3. The fourth-order valence-corrected chi connectivity index (χ4v) is 3.50. The van der Waals surface area contributed by atoms with E-state index >= 15 is 0 Å². The number of hydrogen-bond acceptors (Lipinski definition) is 4. The molecule has 1 saturated heterocycles. The van der Waals surface area contributed by atoms with Gasteiger partial charge < -0.3 is 4.90 Å². The molecule has 3 amide bonds. The summed E-state index contributed by atoms with van der Waals surface area (Å²) in [5, 5.41) is 0. The number of benzene rings is 1. The van der Waals surface area contributed by atoms with Gasteiger partial charge in [0.1, 0.15) is 0 Å². The van der Waals surface area contributed by atoms with E-state index in [9.17, 15) is 14.4 Å². The van der Waals surface area contributed by atoms with E-state index in [1.165, 1.54) is 4.90 Å². The van der Waals surface area contributed by atoms with Crippen LogP contribution < -0.4 is 0 Å². The first-order chi connectivity index (χ1) is 12.0. The van der Waals surface area contributed by atoms with E-state index in [0.717, 1.165) is 19.6 Å². The Morgan fingerprint density at radius 2 is 1.56 bits per heavy atom. The fourth-order valence-electron chi connectivity index (χ4n) is 3.50. The Kier molecular flexibility index (Phi) is 5.18. The number of piperazine rings is 1. The normalized spacial score (nSPS) is 18.2. The zero-order valence-electron chi connectivity index (χ0n) is 14.9. The molecule has 3 rings (SSSR count). The second-order valence-corrected chi connectivity index (χ2v) is 7.13. The number of fused-ring (bicyclic) bond motifs is 1. The second kappa shape index (κ2) is 7.35. The highest BCUT2D eigenvalue weighted by Crippen LogP contribution is 2.22. The highest BCUT2D eigenvalue weighted by molar-refractivity contribution is 6.21. The van der Waals surface area contributed by atoms with Crippen LogP contribution in [-0.4, -0.2) is 71.7 Å². The van der Waals surface area contributed by atoms with Crippen molar-refractivity contribution in [1.29, 1.82) is 0 Å². The summed E-state index contributed by atoms with van der Waals surface area (Å²) in [6.07, 6.45) is 0.190. The highest BCUT2D eigenvalue weighted by atomic mass is 16.2. The van der Waals surface area contributed by atoms with Gasteiger partial charge in [-0.2, -0.15) is 0 Å². The van der Waals surface area contributed by atoms with Crippen molar-refractivity contribution >= 4 is 17.7 Å². The second-order valence-electron chi connectivity index (χ2n) is 7.13. The summed E-state index contributed by atoms with van der Waals surface area (Å²) in [4.78, 5) is 42.5. The number of hydrogen-bond donors (Lipinski definition) is 0. The molecular weight excluding hydrogens is 318 g/mol. The molecule has 6 heteroatoms. The Balaban J connectivity index is 1.51. The first kappa shape index (κ1) is 17.6. The third-order valence-electron chi connectivity index (χ3n) is 4.78. The van der Waals surface area contributed by atoms with E-state index < -0.39 is 0 Å². The zero-order chi connectivity index (χ0) is 18.0. The van der Waals surface area contributed by atoms with Gasteiger partial charge in [-0.25, -0.2) is 0 Å². The maximum atomic E-state index is 12.4. The van der Waals surface area contributed by atoms with Gasteiger partial charge in [-0.1, -0.05) is 26.0 Å². The van der Waals surface area contributed by atoms with Gasteiger partial charge in [0, 0.05) is 45.7 Å². The summed E-state index contributed by atoms with van der Waals surface area (Å²) in [6, 6.07) is 6.81. The van der Waals surface area contributed by atoms with Crippen LogP contribution in [0.3, 0.4) is 0 Å². The van der Waals surface area contributed by atoms with E-state index in [1.54, 1.807) is 24.3 Å². The molecule has 0 aliphatic carbocycles. The van der Waals surface area contributed by atoms with Crippen LogP contribution in [0.2, 0.25) is 0 Å². The molecule has 1 fully saturated rings. The summed E-state index contributed by atoms with van der Waals surface area (Å²) in [5.41, 5.74) is 0.865. The molecule has 2 heterocycles. The Labute approximate surface area is 148 Å². The van der Waals surface area contributed by atoms with Crippen LogP contribution >= 0.6 is 0 Å². The maximum Gasteiger partial charge on any atom is 0.261 e. The minimum absolute atomic E-state index is 0.0146. The van der Waals surface area contributed by atoms with Gasteiger partial charge in [0.2, 0.25) is 5.91 Å². The SMILES string of the molecule is CC(C)CN1CCN(C(=O)CCN2C(=O)c3ccccc3C2=O)CC1. The molecule has 25 heavy (non-hydrogen) atoms. The monoisotopic (exact) mass is 343 g/mol. The highest BCUT2D eigenvalue weighted by Gasteiger charge is 2.35. The van der Waals surface area contributed by atoms with E-state index in [4.69, 9.17) is 0 Å². The number of carbonyl (C=O) groups is 3. The average Bonchev–Trinajstić information content (AvgIpc) is 2.84.